The van der Waals surface area contributed by atoms with Crippen molar-refractivity contribution in [3.8, 4) is 0 Å². The molecule has 0 saturated carbocycles. The van der Waals surface area contributed by atoms with Crippen LogP contribution in [0.25, 0.3) is 0 Å². The van der Waals surface area contributed by atoms with Gasteiger partial charge in [0.05, 0.1) is 17.6 Å². The third-order valence-electron chi connectivity index (χ3n) is 2.28. The molecule has 18 heavy (non-hydrogen) atoms. The van der Waals surface area contributed by atoms with Crippen LogP contribution in [0.2, 0.25) is 0 Å². The standard InChI is InChI=1S/C12H9BrFN3S/c13-9-2-1-7(14)5-10(9)17-11-6-16-4-3-8(11)12(15)18/h1-6,17H,(H2,15,18). The molecule has 0 fully saturated rings. The molecule has 0 spiro atoms. The van der Waals surface area contributed by atoms with Gasteiger partial charge < -0.3 is 11.1 Å². The Morgan fingerprint density at radius 1 is 1.33 bits per heavy atom. The molecular weight excluding hydrogens is 317 g/mol. The Morgan fingerprint density at radius 3 is 2.83 bits per heavy atom. The molecule has 2 rings (SSSR count). The van der Waals surface area contributed by atoms with Gasteiger partial charge in [0.1, 0.15) is 10.8 Å². The van der Waals surface area contributed by atoms with Crippen LogP contribution >= 0.6 is 28.1 Å². The van der Waals surface area contributed by atoms with E-state index in [4.69, 9.17) is 18.0 Å². The van der Waals surface area contributed by atoms with Crippen molar-refractivity contribution in [2.75, 3.05) is 5.32 Å². The lowest BCUT2D eigenvalue weighted by atomic mass is 10.2. The van der Waals surface area contributed by atoms with Crippen LogP contribution in [0.1, 0.15) is 5.56 Å². The van der Waals surface area contributed by atoms with Crippen molar-refractivity contribution in [2.45, 2.75) is 0 Å². The van der Waals surface area contributed by atoms with Gasteiger partial charge in [0.2, 0.25) is 0 Å². The molecule has 0 saturated heterocycles. The second kappa shape index (κ2) is 5.41. The molecule has 1 aromatic carbocycles. The van der Waals surface area contributed by atoms with Gasteiger partial charge in [-0.15, -0.1) is 0 Å². The fourth-order valence-electron chi connectivity index (χ4n) is 1.45. The van der Waals surface area contributed by atoms with Crippen LogP contribution in [-0.2, 0) is 0 Å². The fraction of sp³-hybridized carbons (Fsp3) is 0. The Hall–Kier alpha value is -1.53. The number of halogens is 2. The van der Waals surface area contributed by atoms with Crippen LogP contribution in [0.4, 0.5) is 15.8 Å². The molecule has 1 heterocycles. The minimum atomic E-state index is -0.332. The van der Waals surface area contributed by atoms with Gasteiger partial charge in [-0.2, -0.15) is 0 Å². The molecule has 0 aliphatic carbocycles. The summed E-state index contributed by atoms with van der Waals surface area (Å²) in [5, 5.41) is 3.05. The lowest BCUT2D eigenvalue weighted by molar-refractivity contribution is 0.628. The van der Waals surface area contributed by atoms with Crippen LogP contribution in [0, 0.1) is 5.82 Å². The summed E-state index contributed by atoms with van der Waals surface area (Å²) >= 11 is 8.28. The van der Waals surface area contributed by atoms with E-state index in [-0.39, 0.29) is 10.8 Å². The molecule has 3 nitrogen and oxygen atoms in total. The van der Waals surface area contributed by atoms with Gasteiger partial charge in [-0.05, 0) is 40.2 Å². The average molecular weight is 326 g/mol. The zero-order valence-electron chi connectivity index (χ0n) is 9.15. The molecule has 0 atom stereocenters. The first-order valence-corrected chi connectivity index (χ1v) is 6.24. The maximum absolute atomic E-state index is 13.2. The van der Waals surface area contributed by atoms with E-state index in [0.717, 1.165) is 4.47 Å². The van der Waals surface area contributed by atoms with Crippen molar-refractivity contribution in [2.24, 2.45) is 5.73 Å². The summed E-state index contributed by atoms with van der Waals surface area (Å²) in [5.74, 6) is -0.332. The summed E-state index contributed by atoms with van der Waals surface area (Å²) < 4.78 is 13.9. The fourth-order valence-corrected chi connectivity index (χ4v) is 1.97. The first-order chi connectivity index (χ1) is 8.58. The minimum absolute atomic E-state index is 0.257. The van der Waals surface area contributed by atoms with Crippen molar-refractivity contribution in [3.05, 3.63) is 52.5 Å². The highest BCUT2D eigenvalue weighted by molar-refractivity contribution is 9.10. The molecule has 2 aromatic rings. The number of nitrogens with two attached hydrogens (primary N) is 1. The number of pyridine rings is 1. The van der Waals surface area contributed by atoms with Crippen LogP contribution in [0.3, 0.4) is 0 Å². The Bertz CT molecular complexity index is 604. The highest BCUT2D eigenvalue weighted by Crippen LogP contribution is 2.27. The van der Waals surface area contributed by atoms with Crippen molar-refractivity contribution in [1.82, 2.24) is 4.98 Å². The number of rotatable bonds is 3. The highest BCUT2D eigenvalue weighted by Gasteiger charge is 2.07. The molecular formula is C12H9BrFN3S. The van der Waals surface area contributed by atoms with Gasteiger partial charge in [0.15, 0.2) is 0 Å². The van der Waals surface area contributed by atoms with Gasteiger partial charge in [0.25, 0.3) is 0 Å². The second-order valence-electron chi connectivity index (χ2n) is 3.53. The summed E-state index contributed by atoms with van der Waals surface area (Å²) in [7, 11) is 0. The zero-order chi connectivity index (χ0) is 13.1. The maximum atomic E-state index is 13.2. The Kier molecular flexibility index (Phi) is 3.88. The number of benzene rings is 1. The molecule has 0 aliphatic rings. The molecule has 0 bridgehead atoms. The summed E-state index contributed by atoms with van der Waals surface area (Å²) in [6.45, 7) is 0. The first kappa shape index (κ1) is 12.9. The predicted octanol–water partition coefficient (Wildman–Crippen LogP) is 3.36. The van der Waals surface area contributed by atoms with Crippen LogP contribution < -0.4 is 11.1 Å². The molecule has 0 amide bonds. The molecule has 6 heteroatoms. The first-order valence-electron chi connectivity index (χ1n) is 5.04. The molecule has 92 valence electrons. The number of hydrogen-bond donors (Lipinski definition) is 2. The van der Waals surface area contributed by atoms with Crippen molar-refractivity contribution >= 4 is 44.5 Å². The summed E-state index contributed by atoms with van der Waals surface area (Å²) in [6.07, 6.45) is 3.19. The topological polar surface area (TPSA) is 50.9 Å². The van der Waals surface area contributed by atoms with Crippen LogP contribution in [0.5, 0.6) is 0 Å². The summed E-state index contributed by atoms with van der Waals surface area (Å²) in [4.78, 5) is 4.25. The Labute approximate surface area is 117 Å². The van der Waals surface area contributed by atoms with Gasteiger partial charge in [-0.3, -0.25) is 4.98 Å². The lowest BCUT2D eigenvalue weighted by Crippen LogP contribution is -2.12. The van der Waals surface area contributed by atoms with Gasteiger partial charge in [-0.1, -0.05) is 12.2 Å². The monoisotopic (exact) mass is 325 g/mol. The molecule has 0 radical (unpaired) electrons. The number of anilines is 2. The SMILES string of the molecule is NC(=S)c1ccncc1Nc1cc(F)ccc1Br. The molecule has 1 aromatic heterocycles. The molecule has 0 unspecified atom stereocenters. The van der Waals surface area contributed by atoms with Gasteiger partial charge in [-0.25, -0.2) is 4.39 Å². The van der Waals surface area contributed by atoms with E-state index in [1.54, 1.807) is 24.5 Å². The van der Waals surface area contributed by atoms with Crippen molar-refractivity contribution in [3.63, 3.8) is 0 Å². The minimum Gasteiger partial charge on any atom is -0.389 e. The van der Waals surface area contributed by atoms with Crippen LogP contribution in [0.15, 0.2) is 41.1 Å². The van der Waals surface area contributed by atoms with E-state index in [1.165, 1.54) is 12.1 Å². The quantitative estimate of drug-likeness (QED) is 0.849. The third kappa shape index (κ3) is 2.83. The number of nitrogens with one attached hydrogen (secondary N) is 1. The van der Waals surface area contributed by atoms with Crippen molar-refractivity contribution in [1.29, 1.82) is 0 Å². The number of hydrogen-bond acceptors (Lipinski definition) is 3. The Balaban J connectivity index is 2.40. The largest absolute Gasteiger partial charge is 0.389 e. The van der Waals surface area contributed by atoms with E-state index in [0.29, 0.717) is 16.9 Å². The van der Waals surface area contributed by atoms with E-state index in [2.05, 4.69) is 26.2 Å². The molecule has 3 N–H and O–H groups in total. The van der Waals surface area contributed by atoms with Gasteiger partial charge >= 0.3 is 0 Å². The van der Waals surface area contributed by atoms with Crippen LogP contribution in [-0.4, -0.2) is 9.97 Å². The lowest BCUT2D eigenvalue weighted by Gasteiger charge is -2.11. The second-order valence-corrected chi connectivity index (χ2v) is 4.83. The third-order valence-corrected chi connectivity index (χ3v) is 3.20. The van der Waals surface area contributed by atoms with Gasteiger partial charge in [0, 0.05) is 16.2 Å². The normalized spacial score (nSPS) is 10.1. The number of thiocarbonyl (C=S) groups is 1. The van der Waals surface area contributed by atoms with E-state index >= 15 is 0 Å². The smallest absolute Gasteiger partial charge is 0.125 e. The summed E-state index contributed by atoms with van der Waals surface area (Å²) in [5.41, 5.74) is 7.50. The maximum Gasteiger partial charge on any atom is 0.125 e. The van der Waals surface area contributed by atoms with E-state index in [9.17, 15) is 4.39 Å². The van der Waals surface area contributed by atoms with E-state index in [1.807, 2.05) is 0 Å². The Morgan fingerprint density at radius 2 is 2.11 bits per heavy atom. The van der Waals surface area contributed by atoms with E-state index < -0.39 is 0 Å². The zero-order valence-corrected chi connectivity index (χ0v) is 11.6. The number of aromatic nitrogens is 1. The highest BCUT2D eigenvalue weighted by atomic mass is 79.9. The molecule has 0 aliphatic heterocycles. The van der Waals surface area contributed by atoms with Crippen molar-refractivity contribution < 1.29 is 4.39 Å². The predicted molar refractivity (Wildman–Crippen MR) is 77.5 cm³/mol. The number of nitrogens with zero attached hydrogens (tertiary/aromatic N) is 1. The average Bonchev–Trinajstić information content (AvgIpc) is 2.34. The summed E-state index contributed by atoms with van der Waals surface area (Å²) in [6, 6.07) is 6.07.